The summed E-state index contributed by atoms with van der Waals surface area (Å²) in [7, 11) is 0. The van der Waals surface area contributed by atoms with Gasteiger partial charge < -0.3 is 19.6 Å². The van der Waals surface area contributed by atoms with Gasteiger partial charge in [-0.25, -0.2) is 0 Å². The quantitative estimate of drug-likeness (QED) is 0.908. The molecule has 2 aromatic rings. The van der Waals surface area contributed by atoms with Gasteiger partial charge in [-0.3, -0.25) is 0 Å². The maximum absolute atomic E-state index is 10.5. The van der Waals surface area contributed by atoms with E-state index in [1.54, 1.807) is 0 Å². The highest BCUT2D eigenvalue weighted by atomic mass is 16.5. The van der Waals surface area contributed by atoms with Crippen LogP contribution in [0.2, 0.25) is 0 Å². The summed E-state index contributed by atoms with van der Waals surface area (Å²) in [4.78, 5) is 0. The van der Waals surface area contributed by atoms with Crippen LogP contribution >= 0.6 is 0 Å². The molecule has 0 radical (unpaired) electrons. The average molecular weight is 289 g/mol. The van der Waals surface area contributed by atoms with Crippen molar-refractivity contribution in [2.45, 2.75) is 38.3 Å². The first-order valence-electron chi connectivity index (χ1n) is 7.61. The van der Waals surface area contributed by atoms with Gasteiger partial charge in [0.1, 0.15) is 11.3 Å². The first-order chi connectivity index (χ1) is 10.1. The predicted octanol–water partition coefficient (Wildman–Crippen LogP) is 2.93. The van der Waals surface area contributed by atoms with Gasteiger partial charge in [0.25, 0.3) is 0 Å². The molecule has 114 valence electrons. The van der Waals surface area contributed by atoms with E-state index in [9.17, 15) is 5.11 Å². The van der Waals surface area contributed by atoms with E-state index in [1.807, 2.05) is 18.2 Å². The summed E-state index contributed by atoms with van der Waals surface area (Å²) < 4.78 is 11.3. The van der Waals surface area contributed by atoms with Crippen LogP contribution in [0.4, 0.5) is 0 Å². The molecule has 1 aliphatic heterocycles. The zero-order valence-corrected chi connectivity index (χ0v) is 12.7. The molecule has 1 aliphatic rings. The van der Waals surface area contributed by atoms with Crippen molar-refractivity contribution < 1.29 is 14.3 Å². The first-order valence-corrected chi connectivity index (χ1v) is 7.61. The Kier molecular flexibility index (Phi) is 4.02. The van der Waals surface area contributed by atoms with Crippen LogP contribution in [-0.4, -0.2) is 30.5 Å². The maximum Gasteiger partial charge on any atom is 0.134 e. The van der Waals surface area contributed by atoms with Gasteiger partial charge in [0, 0.05) is 38.0 Å². The molecule has 0 spiro atoms. The van der Waals surface area contributed by atoms with Gasteiger partial charge in [-0.15, -0.1) is 0 Å². The number of fused-ring (bicyclic) bond motifs is 1. The topological polar surface area (TPSA) is 54.6 Å². The molecule has 0 bridgehead atoms. The molecule has 1 saturated heterocycles. The third-order valence-corrected chi connectivity index (χ3v) is 4.43. The van der Waals surface area contributed by atoms with Gasteiger partial charge in [0.15, 0.2) is 0 Å². The Balaban J connectivity index is 1.72. The van der Waals surface area contributed by atoms with Gasteiger partial charge in [-0.05, 0) is 25.5 Å². The van der Waals surface area contributed by atoms with Crippen molar-refractivity contribution in [3.63, 3.8) is 0 Å². The van der Waals surface area contributed by atoms with Crippen molar-refractivity contribution in [3.8, 4) is 0 Å². The lowest BCUT2D eigenvalue weighted by Gasteiger charge is -2.33. The second kappa shape index (κ2) is 5.79. The minimum absolute atomic E-state index is 0.0734. The largest absolute Gasteiger partial charge is 0.459 e. The monoisotopic (exact) mass is 289 g/mol. The molecule has 0 saturated carbocycles. The molecular formula is C17H23NO3. The normalized spacial score (nSPS) is 19.8. The fourth-order valence-electron chi connectivity index (χ4n) is 2.97. The van der Waals surface area contributed by atoms with E-state index in [2.05, 4.69) is 25.2 Å². The van der Waals surface area contributed by atoms with Crippen LogP contribution < -0.4 is 5.32 Å². The van der Waals surface area contributed by atoms with Crippen molar-refractivity contribution in [1.82, 2.24) is 5.32 Å². The van der Waals surface area contributed by atoms with Crippen molar-refractivity contribution in [2.75, 3.05) is 19.8 Å². The third-order valence-electron chi connectivity index (χ3n) is 4.43. The van der Waals surface area contributed by atoms with Gasteiger partial charge in [0.05, 0.1) is 11.6 Å². The zero-order chi connectivity index (χ0) is 14.9. The molecule has 1 aromatic heterocycles. The van der Waals surface area contributed by atoms with E-state index in [-0.39, 0.29) is 6.04 Å². The Bertz CT molecular complexity index is 614. The minimum Gasteiger partial charge on any atom is -0.459 e. The Morgan fingerprint density at radius 2 is 2.00 bits per heavy atom. The fraction of sp³-hybridized carbons (Fsp3) is 0.529. The standard InChI is InChI=1S/C17H23NO3/c1-12-14-5-3-4-6-15(14)21-16(12)13(2)18-11-17(19)7-9-20-10-8-17/h3-6,13,18-19H,7-11H2,1-2H3. The second-order valence-electron chi connectivity index (χ2n) is 6.03. The highest BCUT2D eigenvalue weighted by molar-refractivity contribution is 5.82. The molecule has 1 unspecified atom stereocenters. The third kappa shape index (κ3) is 2.98. The summed E-state index contributed by atoms with van der Waals surface area (Å²) in [6.45, 7) is 6.00. The van der Waals surface area contributed by atoms with E-state index in [4.69, 9.17) is 9.15 Å². The van der Waals surface area contributed by atoms with Crippen molar-refractivity contribution in [1.29, 1.82) is 0 Å². The van der Waals surface area contributed by atoms with E-state index < -0.39 is 5.60 Å². The van der Waals surface area contributed by atoms with Crippen LogP contribution in [0.25, 0.3) is 11.0 Å². The lowest BCUT2D eigenvalue weighted by molar-refractivity contribution is -0.0628. The number of aliphatic hydroxyl groups is 1. The van der Waals surface area contributed by atoms with Crippen LogP contribution in [0.5, 0.6) is 0 Å². The first kappa shape index (κ1) is 14.6. The lowest BCUT2D eigenvalue weighted by Crippen LogP contribution is -2.45. The number of para-hydroxylation sites is 1. The average Bonchev–Trinajstić information content (AvgIpc) is 2.84. The van der Waals surface area contributed by atoms with Crippen LogP contribution in [0.15, 0.2) is 28.7 Å². The molecule has 0 aliphatic carbocycles. The Hall–Kier alpha value is -1.36. The molecule has 4 heteroatoms. The molecule has 3 rings (SSSR count). The summed E-state index contributed by atoms with van der Waals surface area (Å²) in [5.41, 5.74) is 1.43. The highest BCUT2D eigenvalue weighted by Gasteiger charge is 2.30. The lowest BCUT2D eigenvalue weighted by atomic mass is 9.94. The molecule has 1 fully saturated rings. The van der Waals surface area contributed by atoms with Gasteiger partial charge in [-0.2, -0.15) is 0 Å². The molecule has 1 atom stereocenters. The molecule has 4 nitrogen and oxygen atoms in total. The summed E-state index contributed by atoms with van der Waals surface area (Å²) >= 11 is 0. The summed E-state index contributed by atoms with van der Waals surface area (Å²) in [5, 5.41) is 15.1. The van der Waals surface area contributed by atoms with E-state index in [0.29, 0.717) is 32.6 Å². The van der Waals surface area contributed by atoms with Crippen LogP contribution in [0, 0.1) is 6.92 Å². The smallest absolute Gasteiger partial charge is 0.134 e. The fourth-order valence-corrected chi connectivity index (χ4v) is 2.97. The second-order valence-corrected chi connectivity index (χ2v) is 6.03. The van der Waals surface area contributed by atoms with Crippen molar-refractivity contribution in [2.24, 2.45) is 0 Å². The van der Waals surface area contributed by atoms with Gasteiger partial charge >= 0.3 is 0 Å². The number of rotatable bonds is 4. The number of furan rings is 1. The van der Waals surface area contributed by atoms with E-state index in [1.165, 1.54) is 5.56 Å². The number of benzene rings is 1. The van der Waals surface area contributed by atoms with Crippen LogP contribution in [-0.2, 0) is 4.74 Å². The van der Waals surface area contributed by atoms with E-state index in [0.717, 1.165) is 16.7 Å². The molecule has 2 N–H and O–H groups in total. The Morgan fingerprint density at radius 3 is 2.71 bits per heavy atom. The van der Waals surface area contributed by atoms with Crippen LogP contribution in [0.3, 0.4) is 0 Å². The van der Waals surface area contributed by atoms with Gasteiger partial charge in [0.2, 0.25) is 0 Å². The number of ether oxygens (including phenoxy) is 1. The molecule has 1 aromatic carbocycles. The number of hydrogen-bond donors (Lipinski definition) is 2. The minimum atomic E-state index is -0.660. The molecular weight excluding hydrogens is 266 g/mol. The molecule has 21 heavy (non-hydrogen) atoms. The van der Waals surface area contributed by atoms with E-state index >= 15 is 0 Å². The summed E-state index contributed by atoms with van der Waals surface area (Å²) in [5.74, 6) is 0.951. The highest BCUT2D eigenvalue weighted by Crippen LogP contribution is 2.29. The molecule has 2 heterocycles. The Labute approximate surface area is 125 Å². The van der Waals surface area contributed by atoms with Gasteiger partial charge in [-0.1, -0.05) is 18.2 Å². The number of nitrogens with one attached hydrogen (secondary N) is 1. The van der Waals surface area contributed by atoms with Crippen LogP contribution in [0.1, 0.15) is 37.1 Å². The Morgan fingerprint density at radius 1 is 1.29 bits per heavy atom. The van der Waals surface area contributed by atoms with Crippen molar-refractivity contribution >= 4 is 11.0 Å². The number of aryl methyl sites for hydroxylation is 1. The predicted molar refractivity (Wildman–Crippen MR) is 82.4 cm³/mol. The number of hydrogen-bond acceptors (Lipinski definition) is 4. The van der Waals surface area contributed by atoms with Crippen molar-refractivity contribution in [3.05, 3.63) is 35.6 Å². The summed E-state index contributed by atoms with van der Waals surface area (Å²) in [6.07, 6.45) is 1.37. The maximum atomic E-state index is 10.5. The SMILES string of the molecule is Cc1c(C(C)NCC2(O)CCOCC2)oc2ccccc12. The summed E-state index contributed by atoms with van der Waals surface area (Å²) in [6, 6.07) is 8.15. The zero-order valence-electron chi connectivity index (χ0n) is 12.7. The molecule has 0 amide bonds.